The van der Waals surface area contributed by atoms with Crippen molar-refractivity contribution in [2.45, 2.75) is 100 Å². The summed E-state index contributed by atoms with van der Waals surface area (Å²) in [6.07, 6.45) is -11.6. The lowest BCUT2D eigenvalue weighted by Gasteiger charge is -2.47. The molecule has 54 heavy (non-hydrogen) atoms. The topological polar surface area (TPSA) is 118 Å². The molecule has 0 aromatic heterocycles. The molecule has 2 aliphatic heterocycles. The minimum Gasteiger partial charge on any atom is -0.394 e. The molecule has 6 rings (SSSR count). The van der Waals surface area contributed by atoms with Gasteiger partial charge >= 0.3 is 11.8 Å². The SMILES string of the molecule is CC[C@H]1O[C@@H](C(F)(F)c2ccccc2)[C@H](OCc2ccccc2)[C@@H](OCc2ccccc2)[C@@H]1C.OC[C@H]1O[C@@H](C(F)(F)c2ccccc2)[C@H](O)[C@@H](O)[C@@H]1O. The molecule has 292 valence electrons. The quantitative estimate of drug-likeness (QED) is 0.123. The van der Waals surface area contributed by atoms with Gasteiger partial charge in [0.25, 0.3) is 0 Å². The van der Waals surface area contributed by atoms with Crippen LogP contribution >= 0.6 is 0 Å². The number of aliphatic hydroxyl groups is 4. The van der Waals surface area contributed by atoms with E-state index in [0.717, 1.165) is 11.1 Å². The summed E-state index contributed by atoms with van der Waals surface area (Å²) in [4.78, 5) is 0. The molecule has 0 saturated carbocycles. The van der Waals surface area contributed by atoms with Crippen LogP contribution in [0.3, 0.4) is 0 Å². The summed E-state index contributed by atoms with van der Waals surface area (Å²) >= 11 is 0. The average molecular weight is 757 g/mol. The van der Waals surface area contributed by atoms with Gasteiger partial charge in [0, 0.05) is 17.0 Å². The van der Waals surface area contributed by atoms with E-state index in [1.807, 2.05) is 74.5 Å². The van der Waals surface area contributed by atoms with Crippen molar-refractivity contribution < 1.29 is 56.9 Å². The summed E-state index contributed by atoms with van der Waals surface area (Å²) in [6.45, 7) is 3.73. The van der Waals surface area contributed by atoms with Gasteiger partial charge < -0.3 is 39.4 Å². The van der Waals surface area contributed by atoms with E-state index in [-0.39, 0.29) is 29.8 Å². The first-order chi connectivity index (χ1) is 25.9. The predicted octanol–water partition coefficient (Wildman–Crippen LogP) is 6.38. The Labute approximate surface area is 312 Å². The Morgan fingerprint density at radius 3 is 1.41 bits per heavy atom. The van der Waals surface area contributed by atoms with Crippen LogP contribution in [0.25, 0.3) is 0 Å². The fraction of sp³-hybridized carbons (Fsp3) is 0.429. The van der Waals surface area contributed by atoms with Crippen molar-refractivity contribution in [3.05, 3.63) is 144 Å². The third-order valence-electron chi connectivity index (χ3n) is 9.95. The minimum atomic E-state index is -3.57. The van der Waals surface area contributed by atoms with E-state index >= 15 is 8.78 Å². The maximum atomic E-state index is 15.9. The lowest BCUT2D eigenvalue weighted by atomic mass is 9.83. The fourth-order valence-electron chi connectivity index (χ4n) is 6.85. The first-order valence-electron chi connectivity index (χ1n) is 18.0. The normalized spacial score (nSPS) is 28.9. The molecule has 4 aromatic rings. The third-order valence-corrected chi connectivity index (χ3v) is 9.95. The highest BCUT2D eigenvalue weighted by Gasteiger charge is 2.57. The number of rotatable bonds is 12. The Bertz CT molecular complexity index is 1670. The maximum Gasteiger partial charge on any atom is 0.301 e. The van der Waals surface area contributed by atoms with Crippen LogP contribution in [0.1, 0.15) is 42.5 Å². The average Bonchev–Trinajstić information content (AvgIpc) is 3.20. The number of ether oxygens (including phenoxy) is 4. The summed E-state index contributed by atoms with van der Waals surface area (Å²) in [5, 5.41) is 37.8. The Balaban J connectivity index is 0.000000239. The summed E-state index contributed by atoms with van der Waals surface area (Å²) in [5.74, 6) is -6.93. The van der Waals surface area contributed by atoms with Gasteiger partial charge in [-0.1, -0.05) is 135 Å². The van der Waals surface area contributed by atoms with E-state index in [2.05, 4.69) is 0 Å². The van der Waals surface area contributed by atoms with Crippen LogP contribution in [0.4, 0.5) is 17.6 Å². The molecule has 10 atom stereocenters. The molecule has 0 bridgehead atoms. The summed E-state index contributed by atoms with van der Waals surface area (Å²) < 4.78 is 84.1. The second kappa shape index (κ2) is 18.7. The number of hydrogen-bond donors (Lipinski definition) is 4. The molecule has 2 saturated heterocycles. The highest BCUT2D eigenvalue weighted by molar-refractivity contribution is 5.24. The van der Waals surface area contributed by atoms with Crippen molar-refractivity contribution in [1.29, 1.82) is 0 Å². The first-order valence-corrected chi connectivity index (χ1v) is 18.0. The van der Waals surface area contributed by atoms with Crippen LogP contribution in [0.2, 0.25) is 0 Å². The van der Waals surface area contributed by atoms with E-state index in [1.54, 1.807) is 24.3 Å². The molecule has 8 nitrogen and oxygen atoms in total. The van der Waals surface area contributed by atoms with Crippen LogP contribution in [0.5, 0.6) is 0 Å². The van der Waals surface area contributed by atoms with E-state index in [4.69, 9.17) is 24.1 Å². The van der Waals surface area contributed by atoms with Gasteiger partial charge in [-0.3, -0.25) is 0 Å². The summed E-state index contributed by atoms with van der Waals surface area (Å²) in [5.41, 5.74) is 1.43. The first kappa shape index (κ1) is 41.4. The van der Waals surface area contributed by atoms with E-state index < -0.39 is 67.3 Å². The largest absolute Gasteiger partial charge is 0.394 e. The smallest absolute Gasteiger partial charge is 0.301 e. The lowest BCUT2D eigenvalue weighted by Crippen LogP contribution is -2.62. The molecule has 2 fully saturated rings. The molecule has 2 heterocycles. The van der Waals surface area contributed by atoms with Crippen LogP contribution in [-0.4, -0.2) is 82.0 Å². The molecule has 0 spiro atoms. The second-order valence-corrected chi connectivity index (χ2v) is 13.6. The standard InChI is InChI=1S/C29H32F2O3.C13H16F2O5/c1-3-25-21(2)26(32-19-22-13-7-4-8-14-22)27(33-20-23-15-9-5-10-16-23)28(34-25)29(30,31)24-17-11-6-12-18-24;14-13(15,7-4-2-1-3-5-7)12-11(19)10(18)9(17)8(6-16)20-12/h4-18,21,25-28H,3,19-20H2,1-2H3;1-5,8-12,16-19H,6H2/t21-,25-,26+,27-,28-;8-,9-,10+,11-,12-/m11/s1. The van der Waals surface area contributed by atoms with Crippen molar-refractivity contribution in [2.24, 2.45) is 5.92 Å². The Morgan fingerprint density at radius 2 is 0.963 bits per heavy atom. The van der Waals surface area contributed by atoms with Crippen molar-refractivity contribution in [1.82, 2.24) is 0 Å². The van der Waals surface area contributed by atoms with Crippen LogP contribution in [-0.2, 0) is 44.0 Å². The molecule has 0 unspecified atom stereocenters. The molecule has 0 amide bonds. The number of halogens is 4. The van der Waals surface area contributed by atoms with Crippen molar-refractivity contribution >= 4 is 0 Å². The van der Waals surface area contributed by atoms with Crippen molar-refractivity contribution in [2.75, 3.05) is 6.61 Å². The minimum absolute atomic E-state index is 0.0838. The van der Waals surface area contributed by atoms with Crippen molar-refractivity contribution in [3.63, 3.8) is 0 Å². The Kier molecular flexibility index (Phi) is 14.4. The number of benzene rings is 4. The van der Waals surface area contributed by atoms with Crippen LogP contribution in [0.15, 0.2) is 121 Å². The van der Waals surface area contributed by atoms with E-state index in [9.17, 15) is 24.1 Å². The highest BCUT2D eigenvalue weighted by Crippen LogP contribution is 2.44. The van der Waals surface area contributed by atoms with Gasteiger partial charge in [0.1, 0.15) is 30.5 Å². The predicted molar refractivity (Wildman–Crippen MR) is 193 cm³/mol. The van der Waals surface area contributed by atoms with Gasteiger partial charge in [-0.15, -0.1) is 0 Å². The van der Waals surface area contributed by atoms with Crippen LogP contribution < -0.4 is 0 Å². The molecule has 4 aromatic carbocycles. The van der Waals surface area contributed by atoms with Gasteiger partial charge in [-0.05, 0) is 17.5 Å². The molecule has 4 N–H and O–H groups in total. The van der Waals surface area contributed by atoms with Gasteiger partial charge in [0.2, 0.25) is 0 Å². The zero-order valence-electron chi connectivity index (χ0n) is 30.1. The lowest BCUT2D eigenvalue weighted by molar-refractivity contribution is -0.287. The van der Waals surface area contributed by atoms with Crippen LogP contribution in [0, 0.1) is 5.92 Å². The van der Waals surface area contributed by atoms with Crippen molar-refractivity contribution in [3.8, 4) is 0 Å². The van der Waals surface area contributed by atoms with E-state index in [0.29, 0.717) is 13.0 Å². The molecule has 12 heteroatoms. The third kappa shape index (κ3) is 9.55. The van der Waals surface area contributed by atoms with Gasteiger partial charge in [-0.25, -0.2) is 0 Å². The second-order valence-electron chi connectivity index (χ2n) is 13.6. The summed E-state index contributed by atoms with van der Waals surface area (Å²) in [6, 6.07) is 33.9. The molecular weight excluding hydrogens is 708 g/mol. The molecule has 0 radical (unpaired) electrons. The van der Waals surface area contributed by atoms with E-state index in [1.165, 1.54) is 36.4 Å². The van der Waals surface area contributed by atoms with Gasteiger partial charge in [0.05, 0.1) is 32.0 Å². The summed E-state index contributed by atoms with van der Waals surface area (Å²) in [7, 11) is 0. The zero-order chi connectivity index (χ0) is 38.9. The zero-order valence-corrected chi connectivity index (χ0v) is 30.1. The number of aliphatic hydroxyl groups excluding tert-OH is 4. The monoisotopic (exact) mass is 756 g/mol. The molecule has 2 aliphatic rings. The number of alkyl halides is 4. The molecule has 0 aliphatic carbocycles. The number of hydrogen-bond acceptors (Lipinski definition) is 8. The van der Waals surface area contributed by atoms with Gasteiger partial charge in [-0.2, -0.15) is 17.6 Å². The maximum absolute atomic E-state index is 15.9. The Morgan fingerprint density at radius 1 is 0.556 bits per heavy atom. The van der Waals surface area contributed by atoms with Gasteiger partial charge in [0.15, 0.2) is 12.2 Å². The highest BCUT2D eigenvalue weighted by atomic mass is 19.3. The molecular formula is C42H48F4O8. The Hall–Kier alpha value is -3.72. The fourth-order valence-corrected chi connectivity index (χ4v) is 6.85.